The lowest BCUT2D eigenvalue weighted by molar-refractivity contribution is -0.121. The third-order valence-corrected chi connectivity index (χ3v) is 10.1. The molecule has 3 heteroatoms. The highest BCUT2D eigenvalue weighted by molar-refractivity contribution is 5.89. The highest BCUT2D eigenvalue weighted by Gasteiger charge is 2.61. The van der Waals surface area contributed by atoms with Gasteiger partial charge in [0.15, 0.2) is 0 Å². The van der Waals surface area contributed by atoms with Crippen molar-refractivity contribution in [3.05, 3.63) is 23.8 Å². The van der Waals surface area contributed by atoms with E-state index in [1.54, 1.807) is 11.6 Å². The topological polar surface area (TPSA) is 49.3 Å². The lowest BCUT2D eigenvalue weighted by Crippen LogP contribution is -2.58. The first kappa shape index (κ1) is 18.9. The van der Waals surface area contributed by atoms with Gasteiger partial charge in [-0.2, -0.15) is 0 Å². The molecule has 0 aromatic carbocycles. The molecule has 1 heterocycles. The summed E-state index contributed by atoms with van der Waals surface area (Å²) in [5.74, 6) is 3.01. The predicted molar refractivity (Wildman–Crippen MR) is 112 cm³/mol. The first-order valence-electron chi connectivity index (χ1n) is 11.6. The fourth-order valence-corrected chi connectivity index (χ4v) is 8.70. The molecule has 3 nitrogen and oxygen atoms in total. The number of hydrogen-bond acceptors (Lipinski definition) is 2. The maximum absolute atomic E-state index is 12.1. The molecule has 3 saturated carbocycles. The molecule has 0 radical (unpaired) electrons. The number of fused-ring (bicyclic) bond motifs is 5. The van der Waals surface area contributed by atoms with E-state index in [4.69, 9.17) is 0 Å². The lowest BCUT2D eigenvalue weighted by Gasteiger charge is -2.59. The fourth-order valence-electron chi connectivity index (χ4n) is 8.70. The molecule has 5 aliphatic rings. The molecule has 0 aromatic heterocycles. The maximum atomic E-state index is 12.1. The molecule has 0 unspecified atom stereocenters. The highest BCUT2D eigenvalue weighted by atomic mass is 16.3. The van der Waals surface area contributed by atoms with Crippen LogP contribution in [0.4, 0.5) is 0 Å². The first-order chi connectivity index (χ1) is 13.3. The molecule has 0 bridgehead atoms. The van der Waals surface area contributed by atoms with Crippen LogP contribution in [0.15, 0.2) is 23.8 Å². The van der Waals surface area contributed by atoms with Crippen LogP contribution in [0, 0.1) is 34.5 Å². The number of rotatable bonds is 1. The molecule has 8 atom stereocenters. The van der Waals surface area contributed by atoms with Crippen molar-refractivity contribution in [2.24, 2.45) is 34.5 Å². The number of hydrogen-bond donors (Lipinski definition) is 2. The molecule has 1 aliphatic heterocycles. The van der Waals surface area contributed by atoms with Crippen molar-refractivity contribution in [3.8, 4) is 0 Å². The number of amides is 1. The van der Waals surface area contributed by atoms with Crippen molar-refractivity contribution in [1.29, 1.82) is 0 Å². The molecule has 154 valence electrons. The van der Waals surface area contributed by atoms with Crippen LogP contribution in [0.2, 0.25) is 0 Å². The van der Waals surface area contributed by atoms with Crippen LogP contribution < -0.4 is 5.32 Å². The molecule has 4 aliphatic carbocycles. The number of nitrogens with one attached hydrogen (secondary N) is 1. The van der Waals surface area contributed by atoms with Gasteiger partial charge in [-0.05, 0) is 105 Å². The second-order valence-corrected chi connectivity index (χ2v) is 11.3. The van der Waals surface area contributed by atoms with Crippen LogP contribution in [-0.4, -0.2) is 22.7 Å². The van der Waals surface area contributed by atoms with Crippen molar-refractivity contribution in [2.75, 3.05) is 0 Å². The minimum atomic E-state index is -0.122. The van der Waals surface area contributed by atoms with Gasteiger partial charge in [0.05, 0.1) is 6.10 Å². The Balaban J connectivity index is 1.44. The van der Waals surface area contributed by atoms with Gasteiger partial charge >= 0.3 is 0 Å². The molecule has 28 heavy (non-hydrogen) atoms. The molecule has 0 saturated heterocycles. The SMILES string of the molecule is C[C@]12CC[C@H]3[C@@H](CC=C4C[C@@H](O)CC[C@@]43C)[C@@H]1CC[C@@H]2[C@@]1(C)CC=CC(=O)N1. The number of carbonyl (C=O) groups excluding carboxylic acids is 1. The fraction of sp³-hybridized carbons (Fsp3) is 0.800. The number of aliphatic hydroxyl groups is 1. The van der Waals surface area contributed by atoms with Crippen LogP contribution in [-0.2, 0) is 4.79 Å². The predicted octanol–water partition coefficient (Wildman–Crippen LogP) is 4.76. The normalized spacial score (nSPS) is 52.9. The average molecular weight is 384 g/mol. The largest absolute Gasteiger partial charge is 0.393 e. The zero-order valence-electron chi connectivity index (χ0n) is 17.8. The minimum absolute atomic E-state index is 0.0866. The Hall–Kier alpha value is -1.09. The third kappa shape index (κ3) is 2.54. The Morgan fingerprint density at radius 1 is 1.07 bits per heavy atom. The average Bonchev–Trinajstić information content (AvgIpc) is 3.00. The Labute approximate surface area is 170 Å². The smallest absolute Gasteiger partial charge is 0.244 e. The minimum Gasteiger partial charge on any atom is -0.393 e. The van der Waals surface area contributed by atoms with Gasteiger partial charge in [-0.3, -0.25) is 4.79 Å². The quantitative estimate of drug-likeness (QED) is 0.641. The van der Waals surface area contributed by atoms with Crippen LogP contribution >= 0.6 is 0 Å². The Morgan fingerprint density at radius 3 is 2.68 bits per heavy atom. The second kappa shape index (κ2) is 6.20. The van der Waals surface area contributed by atoms with E-state index in [1.165, 1.54) is 32.1 Å². The zero-order chi connectivity index (χ0) is 19.7. The van der Waals surface area contributed by atoms with Gasteiger partial charge in [0.2, 0.25) is 5.91 Å². The van der Waals surface area contributed by atoms with Crippen LogP contribution in [0.3, 0.4) is 0 Å². The maximum Gasteiger partial charge on any atom is 0.244 e. The summed E-state index contributed by atoms with van der Waals surface area (Å²) in [4.78, 5) is 12.1. The Bertz CT molecular complexity index is 741. The summed E-state index contributed by atoms with van der Waals surface area (Å²) in [5, 5.41) is 13.6. The van der Waals surface area contributed by atoms with E-state index in [0.29, 0.717) is 16.7 Å². The summed E-state index contributed by atoms with van der Waals surface area (Å²) in [7, 11) is 0. The van der Waals surface area contributed by atoms with Crippen molar-refractivity contribution in [3.63, 3.8) is 0 Å². The van der Waals surface area contributed by atoms with Gasteiger partial charge in [-0.15, -0.1) is 0 Å². The lowest BCUT2D eigenvalue weighted by atomic mass is 9.46. The standard InChI is InChI=1S/C25H37NO2/c1-23-13-10-17(27)15-16(23)6-7-18-19-8-9-21(24(19,2)14-11-20(18)23)25(3)12-4-5-22(28)26-25/h4-6,17-21,27H,7-15H2,1-3H3,(H,26,28)/t17-,18-,19-,20-,21-,23-,24-,25+/m0/s1. The van der Waals surface area contributed by atoms with Crippen LogP contribution in [0.25, 0.3) is 0 Å². The third-order valence-electron chi connectivity index (χ3n) is 10.1. The molecule has 1 amide bonds. The first-order valence-corrected chi connectivity index (χ1v) is 11.6. The van der Waals surface area contributed by atoms with E-state index in [2.05, 4.69) is 38.2 Å². The second-order valence-electron chi connectivity index (χ2n) is 11.3. The van der Waals surface area contributed by atoms with E-state index >= 15 is 0 Å². The van der Waals surface area contributed by atoms with E-state index in [-0.39, 0.29) is 17.6 Å². The van der Waals surface area contributed by atoms with Gasteiger partial charge in [0.1, 0.15) is 0 Å². The molecule has 0 aromatic rings. The van der Waals surface area contributed by atoms with E-state index in [1.807, 2.05) is 0 Å². The van der Waals surface area contributed by atoms with Gasteiger partial charge < -0.3 is 10.4 Å². The highest BCUT2D eigenvalue weighted by Crippen LogP contribution is 2.67. The summed E-state index contributed by atoms with van der Waals surface area (Å²) in [6.07, 6.45) is 16.6. The summed E-state index contributed by atoms with van der Waals surface area (Å²) in [5.41, 5.74) is 2.12. The molecule has 0 spiro atoms. The monoisotopic (exact) mass is 383 g/mol. The van der Waals surface area contributed by atoms with Crippen molar-refractivity contribution in [1.82, 2.24) is 5.32 Å². The number of allylic oxidation sites excluding steroid dienone is 1. The summed E-state index contributed by atoms with van der Waals surface area (Å²) < 4.78 is 0. The van der Waals surface area contributed by atoms with Crippen LogP contribution in [0.1, 0.15) is 78.6 Å². The van der Waals surface area contributed by atoms with Crippen molar-refractivity contribution >= 4 is 5.91 Å². The molecular formula is C25H37NO2. The Morgan fingerprint density at radius 2 is 1.89 bits per heavy atom. The zero-order valence-corrected chi connectivity index (χ0v) is 17.8. The Kier molecular flexibility index (Phi) is 4.19. The summed E-state index contributed by atoms with van der Waals surface area (Å²) in [6.45, 7) is 7.35. The summed E-state index contributed by atoms with van der Waals surface area (Å²) in [6, 6.07) is 0. The molecule has 2 N–H and O–H groups in total. The van der Waals surface area contributed by atoms with Crippen molar-refractivity contribution in [2.45, 2.75) is 90.2 Å². The van der Waals surface area contributed by atoms with E-state index in [9.17, 15) is 9.90 Å². The van der Waals surface area contributed by atoms with Crippen LogP contribution in [0.5, 0.6) is 0 Å². The van der Waals surface area contributed by atoms with E-state index < -0.39 is 0 Å². The molecular weight excluding hydrogens is 346 g/mol. The van der Waals surface area contributed by atoms with Crippen molar-refractivity contribution < 1.29 is 9.90 Å². The molecule has 3 fully saturated rings. The summed E-state index contributed by atoms with van der Waals surface area (Å²) >= 11 is 0. The number of aliphatic hydroxyl groups excluding tert-OH is 1. The molecule has 5 rings (SSSR count). The number of carbonyl (C=O) groups is 1. The van der Waals surface area contributed by atoms with E-state index in [0.717, 1.165) is 43.4 Å². The van der Waals surface area contributed by atoms with Gasteiger partial charge in [0.25, 0.3) is 0 Å². The van der Waals surface area contributed by atoms with Gasteiger partial charge in [0, 0.05) is 5.54 Å². The van der Waals surface area contributed by atoms with Gasteiger partial charge in [-0.1, -0.05) is 31.6 Å². The van der Waals surface area contributed by atoms with Gasteiger partial charge in [-0.25, -0.2) is 0 Å².